The third-order valence-electron chi connectivity index (χ3n) is 4.94. The van der Waals surface area contributed by atoms with Crippen LogP contribution < -0.4 is 0 Å². The largest absolute Gasteiger partial charge is 0.332 e. The van der Waals surface area contributed by atoms with Crippen molar-refractivity contribution < 1.29 is 14.4 Å². The van der Waals surface area contributed by atoms with Gasteiger partial charge < -0.3 is 4.98 Å². The van der Waals surface area contributed by atoms with E-state index in [1.165, 1.54) is 12.1 Å². The van der Waals surface area contributed by atoms with Gasteiger partial charge in [0.05, 0.1) is 22.2 Å². The van der Waals surface area contributed by atoms with Gasteiger partial charge in [0, 0.05) is 16.7 Å². The van der Waals surface area contributed by atoms with Crippen molar-refractivity contribution in [2.45, 2.75) is 5.16 Å². The quantitative estimate of drug-likeness (QED) is 0.340. The third kappa shape index (κ3) is 2.69. The maximum Gasteiger partial charge on any atom is 0.229 e. The summed E-state index contributed by atoms with van der Waals surface area (Å²) in [7, 11) is 0. The van der Waals surface area contributed by atoms with Crippen LogP contribution in [0.1, 0.15) is 42.2 Å². The lowest BCUT2D eigenvalue weighted by molar-refractivity contribution is 0.0980. The summed E-state index contributed by atoms with van der Waals surface area (Å²) < 4.78 is 0. The molecule has 7 nitrogen and oxygen atoms in total. The summed E-state index contributed by atoms with van der Waals surface area (Å²) in [6.45, 7) is 0. The topological polar surface area (TPSA) is 109 Å². The molecule has 0 aliphatic heterocycles. The van der Waals surface area contributed by atoms with E-state index in [1.807, 2.05) is 0 Å². The molecule has 8 heteroatoms. The van der Waals surface area contributed by atoms with Gasteiger partial charge in [0.2, 0.25) is 5.12 Å². The molecule has 0 spiro atoms. The molecule has 5 rings (SSSR count). The van der Waals surface area contributed by atoms with Gasteiger partial charge >= 0.3 is 0 Å². The molecule has 0 radical (unpaired) electrons. The highest BCUT2D eigenvalue weighted by atomic mass is 32.2. The number of fused-ring (bicyclic) bond motifs is 4. The SMILES string of the molecule is O=Nc1ccccc1C(=O)Sc1nc2ccc3c(c2[nH]1)C(=O)c1ccccc1C3=O. The summed E-state index contributed by atoms with van der Waals surface area (Å²) >= 11 is 0.790. The predicted octanol–water partition coefficient (Wildman–Crippen LogP) is 4.67. The molecule has 0 saturated heterocycles. The molecular formula is C22H11N3O4S. The number of aromatic amines is 1. The van der Waals surface area contributed by atoms with E-state index in [1.54, 1.807) is 48.5 Å². The maximum atomic E-state index is 13.1. The number of imidazole rings is 1. The minimum atomic E-state index is -0.411. The van der Waals surface area contributed by atoms with Crippen molar-refractivity contribution >= 4 is 45.2 Å². The third-order valence-corrected chi connectivity index (χ3v) is 5.73. The van der Waals surface area contributed by atoms with Crippen molar-refractivity contribution in [3.8, 4) is 0 Å². The number of nitrogens with zero attached hydrogens (tertiary/aromatic N) is 2. The zero-order valence-corrected chi connectivity index (χ0v) is 16.0. The van der Waals surface area contributed by atoms with Gasteiger partial charge in [-0.2, -0.15) is 0 Å². The number of nitrogens with one attached hydrogen (secondary N) is 1. The Hall–Kier alpha value is -3.91. The average molecular weight is 413 g/mol. The van der Waals surface area contributed by atoms with Crippen molar-refractivity contribution in [2.24, 2.45) is 5.18 Å². The lowest BCUT2D eigenvalue weighted by Gasteiger charge is -2.17. The Kier molecular flexibility index (Phi) is 4.14. The Morgan fingerprint density at radius 1 is 0.867 bits per heavy atom. The first-order valence-corrected chi connectivity index (χ1v) is 9.76. The number of ketones is 2. The average Bonchev–Trinajstić information content (AvgIpc) is 3.19. The molecule has 1 aromatic heterocycles. The number of aromatic nitrogens is 2. The first kappa shape index (κ1) is 18.1. The van der Waals surface area contributed by atoms with Crippen molar-refractivity contribution in [1.29, 1.82) is 0 Å². The van der Waals surface area contributed by atoms with Crippen LogP contribution in [0.2, 0.25) is 0 Å². The van der Waals surface area contributed by atoms with Gasteiger partial charge in [-0.3, -0.25) is 14.4 Å². The van der Waals surface area contributed by atoms with Gasteiger partial charge in [-0.25, -0.2) is 4.98 Å². The van der Waals surface area contributed by atoms with Crippen LogP contribution in [0.25, 0.3) is 11.0 Å². The van der Waals surface area contributed by atoms with Crippen LogP contribution >= 0.6 is 11.8 Å². The van der Waals surface area contributed by atoms with E-state index in [2.05, 4.69) is 15.1 Å². The van der Waals surface area contributed by atoms with Crippen LogP contribution in [-0.2, 0) is 0 Å². The molecular weight excluding hydrogens is 402 g/mol. The first-order chi connectivity index (χ1) is 14.6. The van der Waals surface area contributed by atoms with Crippen LogP contribution in [0.5, 0.6) is 0 Å². The second kappa shape index (κ2) is 6.85. The summed E-state index contributed by atoms with van der Waals surface area (Å²) in [4.78, 5) is 56.9. The highest BCUT2D eigenvalue weighted by Gasteiger charge is 2.32. The molecule has 1 aliphatic rings. The van der Waals surface area contributed by atoms with Crippen LogP contribution in [-0.4, -0.2) is 26.6 Å². The fourth-order valence-electron chi connectivity index (χ4n) is 3.56. The highest BCUT2D eigenvalue weighted by Crippen LogP contribution is 2.34. The second-order valence-corrected chi connectivity index (χ2v) is 7.59. The lowest BCUT2D eigenvalue weighted by Crippen LogP contribution is -2.21. The molecule has 0 fully saturated rings. The Balaban J connectivity index is 1.58. The Bertz CT molecular complexity index is 1410. The summed E-state index contributed by atoms with van der Waals surface area (Å²) in [6.07, 6.45) is 0. The molecule has 144 valence electrons. The monoisotopic (exact) mass is 413 g/mol. The maximum absolute atomic E-state index is 13.1. The zero-order valence-electron chi connectivity index (χ0n) is 15.2. The molecule has 0 saturated carbocycles. The predicted molar refractivity (Wildman–Crippen MR) is 111 cm³/mol. The number of thioether (sulfide) groups is 1. The number of carbonyl (C=O) groups excluding carboxylic acids is 3. The number of hydrogen-bond donors (Lipinski definition) is 1. The number of H-pyrrole nitrogens is 1. The Morgan fingerprint density at radius 3 is 2.33 bits per heavy atom. The van der Waals surface area contributed by atoms with Crippen LogP contribution in [0, 0.1) is 4.91 Å². The first-order valence-electron chi connectivity index (χ1n) is 8.94. The van der Waals surface area contributed by atoms with Crippen molar-refractivity contribution in [1.82, 2.24) is 9.97 Å². The summed E-state index contributed by atoms with van der Waals surface area (Å²) in [5, 5.41) is 2.72. The second-order valence-electron chi connectivity index (χ2n) is 6.63. The van der Waals surface area contributed by atoms with Gasteiger partial charge in [0.1, 0.15) is 5.69 Å². The Morgan fingerprint density at radius 2 is 1.57 bits per heavy atom. The molecule has 3 aromatic carbocycles. The van der Waals surface area contributed by atoms with Crippen molar-refractivity contribution in [3.63, 3.8) is 0 Å². The van der Waals surface area contributed by atoms with E-state index in [4.69, 9.17) is 0 Å². The van der Waals surface area contributed by atoms with E-state index in [0.717, 1.165) is 11.8 Å². The molecule has 0 atom stereocenters. The molecule has 1 N–H and O–H groups in total. The summed E-state index contributed by atoms with van der Waals surface area (Å²) in [5.74, 6) is -0.499. The molecule has 0 bridgehead atoms. The number of nitroso groups, excluding NO2 is 1. The molecule has 1 heterocycles. The van der Waals surface area contributed by atoms with Gasteiger partial charge in [0.15, 0.2) is 16.7 Å². The summed E-state index contributed by atoms with van der Waals surface area (Å²) in [5.41, 5.74) is 2.33. The number of carbonyl (C=O) groups is 3. The molecule has 0 amide bonds. The normalized spacial score (nSPS) is 12.5. The molecule has 1 aliphatic carbocycles. The minimum absolute atomic E-state index is 0.0425. The van der Waals surface area contributed by atoms with Gasteiger partial charge in [-0.05, 0) is 41.2 Å². The van der Waals surface area contributed by atoms with Gasteiger partial charge in [0.25, 0.3) is 0 Å². The van der Waals surface area contributed by atoms with Crippen LogP contribution in [0.3, 0.4) is 0 Å². The molecule has 0 unspecified atom stereocenters. The fraction of sp³-hybridized carbons (Fsp3) is 0. The highest BCUT2D eigenvalue weighted by molar-refractivity contribution is 8.14. The van der Waals surface area contributed by atoms with E-state index in [0.29, 0.717) is 27.7 Å². The molecule has 4 aromatic rings. The van der Waals surface area contributed by atoms with E-state index < -0.39 is 5.12 Å². The number of benzene rings is 3. The van der Waals surface area contributed by atoms with Gasteiger partial charge in [-0.1, -0.05) is 36.4 Å². The number of hydrogen-bond acceptors (Lipinski definition) is 7. The van der Waals surface area contributed by atoms with E-state index in [-0.39, 0.29) is 33.5 Å². The van der Waals surface area contributed by atoms with Crippen LogP contribution in [0.4, 0.5) is 5.69 Å². The minimum Gasteiger partial charge on any atom is -0.332 e. The standard InChI is InChI=1S/C22H11N3O4S/c26-19-11-5-1-2-6-12(11)20(27)17-14(19)9-10-16-18(17)24-22(23-16)30-21(28)13-7-3-4-8-15(13)25-29/h1-10H,(H,23,24). The fourth-order valence-corrected chi connectivity index (χ4v) is 4.31. The van der Waals surface area contributed by atoms with E-state index >= 15 is 0 Å². The zero-order chi connectivity index (χ0) is 20.8. The molecule has 30 heavy (non-hydrogen) atoms. The summed E-state index contributed by atoms with van der Waals surface area (Å²) in [6, 6.07) is 16.1. The van der Waals surface area contributed by atoms with Crippen LogP contribution in [0.15, 0.2) is 71.0 Å². The van der Waals surface area contributed by atoms with Crippen molar-refractivity contribution in [3.05, 3.63) is 93.4 Å². The van der Waals surface area contributed by atoms with Gasteiger partial charge in [-0.15, -0.1) is 4.91 Å². The van der Waals surface area contributed by atoms with E-state index in [9.17, 15) is 19.3 Å². The lowest BCUT2D eigenvalue weighted by atomic mass is 9.83. The van der Waals surface area contributed by atoms with Crippen molar-refractivity contribution in [2.75, 3.05) is 0 Å². The smallest absolute Gasteiger partial charge is 0.229 e. The Labute approximate surface area is 173 Å². The number of rotatable bonds is 3.